The third-order valence-corrected chi connectivity index (χ3v) is 4.72. The van der Waals surface area contributed by atoms with Gasteiger partial charge in [-0.1, -0.05) is 48.5 Å². The molecule has 1 N–H and O–H groups in total. The number of nitrogens with zero attached hydrogens (tertiary/aromatic N) is 1. The number of nitrogens with one attached hydrogen (secondary N) is 1. The van der Waals surface area contributed by atoms with Gasteiger partial charge in [-0.05, 0) is 35.9 Å². The maximum atomic E-state index is 12.3. The van der Waals surface area contributed by atoms with E-state index in [9.17, 15) is 9.59 Å². The summed E-state index contributed by atoms with van der Waals surface area (Å²) in [6.07, 6.45) is 3.23. The molecule has 0 bridgehead atoms. The molecule has 3 aromatic carbocycles. The highest BCUT2D eigenvalue weighted by molar-refractivity contribution is 6.03. The highest BCUT2D eigenvalue weighted by atomic mass is 16.5. The summed E-state index contributed by atoms with van der Waals surface area (Å²) in [7, 11) is 0. The molecule has 2 amide bonds. The van der Waals surface area contributed by atoms with E-state index in [0.29, 0.717) is 30.3 Å². The van der Waals surface area contributed by atoms with Gasteiger partial charge >= 0.3 is 0 Å². The number of hydrogen-bond acceptors (Lipinski definition) is 4. The van der Waals surface area contributed by atoms with Crippen LogP contribution in [0.1, 0.15) is 5.56 Å². The molecule has 0 aromatic heterocycles. The highest BCUT2D eigenvalue weighted by Crippen LogP contribution is 2.34. The molecule has 0 fully saturated rings. The van der Waals surface area contributed by atoms with Crippen molar-refractivity contribution < 1.29 is 19.1 Å². The Morgan fingerprint density at radius 2 is 1.77 bits per heavy atom. The fourth-order valence-electron chi connectivity index (χ4n) is 3.22. The molecule has 156 valence electrons. The Hall–Kier alpha value is -4.06. The first-order valence-corrected chi connectivity index (χ1v) is 9.98. The lowest BCUT2D eigenvalue weighted by molar-refractivity contribution is -0.121. The van der Waals surface area contributed by atoms with Crippen molar-refractivity contribution in [2.75, 3.05) is 30.0 Å². The number of anilines is 2. The molecule has 31 heavy (non-hydrogen) atoms. The molecule has 0 saturated heterocycles. The van der Waals surface area contributed by atoms with Crippen molar-refractivity contribution in [2.45, 2.75) is 0 Å². The first-order chi connectivity index (χ1) is 15.2. The molecular weight excluding hydrogens is 392 g/mol. The molecule has 0 saturated carbocycles. The lowest BCUT2D eigenvalue weighted by Crippen LogP contribution is -2.41. The normalized spacial score (nSPS) is 12.9. The van der Waals surface area contributed by atoms with Crippen molar-refractivity contribution in [1.82, 2.24) is 0 Å². The van der Waals surface area contributed by atoms with Crippen LogP contribution < -0.4 is 19.7 Å². The summed E-state index contributed by atoms with van der Waals surface area (Å²) in [5, 5.41) is 2.82. The SMILES string of the molecule is O=C(/C=C/c1ccccc1)Nc1ccc2c(c1)OCC(=O)N2CCOc1ccccc1. The molecule has 1 heterocycles. The summed E-state index contributed by atoms with van der Waals surface area (Å²) in [6, 6.07) is 24.3. The lowest BCUT2D eigenvalue weighted by Gasteiger charge is -2.29. The minimum absolute atomic E-state index is 0.0519. The van der Waals surface area contributed by atoms with E-state index in [1.165, 1.54) is 6.08 Å². The van der Waals surface area contributed by atoms with Crippen LogP contribution in [0.3, 0.4) is 0 Å². The maximum absolute atomic E-state index is 12.3. The van der Waals surface area contributed by atoms with Gasteiger partial charge < -0.3 is 19.7 Å². The summed E-state index contributed by atoms with van der Waals surface area (Å²) in [5.74, 6) is 0.921. The van der Waals surface area contributed by atoms with Crippen LogP contribution in [-0.4, -0.2) is 31.6 Å². The van der Waals surface area contributed by atoms with Crippen LogP contribution in [0, 0.1) is 0 Å². The lowest BCUT2D eigenvalue weighted by atomic mass is 10.2. The van der Waals surface area contributed by atoms with Gasteiger partial charge in [-0.15, -0.1) is 0 Å². The maximum Gasteiger partial charge on any atom is 0.265 e. The number of benzene rings is 3. The zero-order chi connectivity index (χ0) is 21.5. The zero-order valence-corrected chi connectivity index (χ0v) is 16.9. The van der Waals surface area contributed by atoms with Gasteiger partial charge in [0.2, 0.25) is 5.91 Å². The van der Waals surface area contributed by atoms with Gasteiger partial charge in [-0.25, -0.2) is 0 Å². The Bertz CT molecular complexity index is 1080. The Morgan fingerprint density at radius 3 is 2.55 bits per heavy atom. The second-order valence-corrected chi connectivity index (χ2v) is 6.91. The molecule has 3 aromatic rings. The van der Waals surface area contributed by atoms with Gasteiger partial charge in [-0.2, -0.15) is 0 Å². The standard InChI is InChI=1S/C25H22N2O4/c28-24(14-11-19-7-3-1-4-8-19)26-20-12-13-22-23(17-20)31-18-25(29)27(22)15-16-30-21-9-5-2-6-10-21/h1-14,17H,15-16,18H2,(H,26,28)/b14-11+. The predicted octanol–water partition coefficient (Wildman–Crippen LogP) is 4.14. The molecule has 0 atom stereocenters. The summed E-state index contributed by atoms with van der Waals surface area (Å²) in [5.41, 5.74) is 2.19. The summed E-state index contributed by atoms with van der Waals surface area (Å²) < 4.78 is 11.3. The first kappa shape index (κ1) is 20.2. The second kappa shape index (κ2) is 9.63. The van der Waals surface area contributed by atoms with Crippen LogP contribution in [-0.2, 0) is 9.59 Å². The van der Waals surface area contributed by atoms with Crippen LogP contribution in [0.4, 0.5) is 11.4 Å². The molecule has 1 aliphatic heterocycles. The van der Waals surface area contributed by atoms with E-state index < -0.39 is 0 Å². The van der Waals surface area contributed by atoms with Gasteiger partial charge in [0.25, 0.3) is 5.91 Å². The van der Waals surface area contributed by atoms with Crippen molar-refractivity contribution in [1.29, 1.82) is 0 Å². The topological polar surface area (TPSA) is 67.9 Å². The van der Waals surface area contributed by atoms with Gasteiger partial charge in [0, 0.05) is 17.8 Å². The molecule has 1 aliphatic rings. The number of rotatable bonds is 7. The van der Waals surface area contributed by atoms with E-state index in [4.69, 9.17) is 9.47 Å². The minimum atomic E-state index is -0.246. The van der Waals surface area contributed by atoms with Crippen molar-refractivity contribution in [3.8, 4) is 11.5 Å². The van der Waals surface area contributed by atoms with Crippen LogP contribution >= 0.6 is 0 Å². The monoisotopic (exact) mass is 414 g/mol. The number of fused-ring (bicyclic) bond motifs is 1. The van der Waals surface area contributed by atoms with Crippen LogP contribution in [0.15, 0.2) is 84.9 Å². The second-order valence-electron chi connectivity index (χ2n) is 6.91. The minimum Gasteiger partial charge on any atom is -0.492 e. The van der Waals surface area contributed by atoms with Gasteiger partial charge in [-0.3, -0.25) is 9.59 Å². The average Bonchev–Trinajstić information content (AvgIpc) is 2.80. The summed E-state index contributed by atoms with van der Waals surface area (Å²) in [4.78, 5) is 26.2. The van der Waals surface area contributed by atoms with Gasteiger partial charge in [0.05, 0.1) is 12.2 Å². The molecule has 0 spiro atoms. The third kappa shape index (κ3) is 5.30. The summed E-state index contributed by atoms with van der Waals surface area (Å²) >= 11 is 0. The van der Waals surface area contributed by atoms with Crippen LogP contribution in [0.2, 0.25) is 0 Å². The Kier molecular flexibility index (Phi) is 6.28. The largest absolute Gasteiger partial charge is 0.492 e. The number of carbonyl (C=O) groups excluding carboxylic acids is 2. The molecule has 6 heteroatoms. The Labute approximate surface area is 180 Å². The number of hydrogen-bond donors (Lipinski definition) is 1. The van der Waals surface area contributed by atoms with E-state index in [1.54, 1.807) is 29.2 Å². The molecule has 0 aliphatic carbocycles. The fraction of sp³-hybridized carbons (Fsp3) is 0.120. The Balaban J connectivity index is 1.39. The molecular formula is C25H22N2O4. The van der Waals surface area contributed by atoms with Crippen molar-refractivity contribution >= 4 is 29.3 Å². The number of carbonyl (C=O) groups is 2. The van der Waals surface area contributed by atoms with E-state index in [-0.39, 0.29) is 18.4 Å². The number of amides is 2. The van der Waals surface area contributed by atoms with Gasteiger partial charge in [0.1, 0.15) is 18.1 Å². The number of ether oxygens (including phenoxy) is 2. The first-order valence-electron chi connectivity index (χ1n) is 9.98. The molecule has 4 rings (SSSR count). The molecule has 0 unspecified atom stereocenters. The summed E-state index contributed by atoms with van der Waals surface area (Å²) in [6.45, 7) is 0.706. The van der Waals surface area contributed by atoms with E-state index >= 15 is 0 Å². The van der Waals surface area contributed by atoms with Crippen molar-refractivity contribution in [2.24, 2.45) is 0 Å². The smallest absolute Gasteiger partial charge is 0.265 e. The molecule has 6 nitrogen and oxygen atoms in total. The quantitative estimate of drug-likeness (QED) is 0.590. The van der Waals surface area contributed by atoms with E-state index in [0.717, 1.165) is 11.3 Å². The fourth-order valence-corrected chi connectivity index (χ4v) is 3.22. The van der Waals surface area contributed by atoms with E-state index in [1.807, 2.05) is 60.7 Å². The van der Waals surface area contributed by atoms with Crippen LogP contribution in [0.25, 0.3) is 6.08 Å². The Morgan fingerprint density at radius 1 is 1.03 bits per heavy atom. The number of para-hydroxylation sites is 1. The predicted molar refractivity (Wildman–Crippen MR) is 120 cm³/mol. The van der Waals surface area contributed by atoms with Crippen molar-refractivity contribution in [3.05, 3.63) is 90.5 Å². The third-order valence-electron chi connectivity index (χ3n) is 4.72. The van der Waals surface area contributed by atoms with Crippen molar-refractivity contribution in [3.63, 3.8) is 0 Å². The van der Waals surface area contributed by atoms with Crippen LogP contribution in [0.5, 0.6) is 11.5 Å². The highest BCUT2D eigenvalue weighted by Gasteiger charge is 2.25. The zero-order valence-electron chi connectivity index (χ0n) is 16.9. The molecule has 0 radical (unpaired) electrons. The van der Waals surface area contributed by atoms with Gasteiger partial charge in [0.15, 0.2) is 6.61 Å². The van der Waals surface area contributed by atoms with E-state index in [2.05, 4.69) is 5.32 Å². The average molecular weight is 414 g/mol.